The van der Waals surface area contributed by atoms with Crippen LogP contribution in [-0.4, -0.2) is 21.1 Å². The average Bonchev–Trinajstić information content (AvgIpc) is 3.06. The van der Waals surface area contributed by atoms with Crippen LogP contribution >= 0.6 is 11.9 Å². The van der Waals surface area contributed by atoms with Crippen LogP contribution in [0.15, 0.2) is 71.8 Å². The number of aryl methyl sites for hydroxylation is 1. The molecule has 0 unspecified atom stereocenters. The van der Waals surface area contributed by atoms with Crippen molar-refractivity contribution in [2.75, 3.05) is 4.72 Å². The lowest BCUT2D eigenvalue weighted by atomic mass is 10.2. The lowest BCUT2D eigenvalue weighted by Crippen LogP contribution is -2.16. The van der Waals surface area contributed by atoms with E-state index in [0.717, 1.165) is 33.0 Å². The molecule has 0 aliphatic carbocycles. The maximum atomic E-state index is 12.3. The van der Waals surface area contributed by atoms with E-state index in [0.29, 0.717) is 0 Å². The fraction of sp³-hybridized carbons (Fsp3) is 0.100. The van der Waals surface area contributed by atoms with E-state index in [1.54, 1.807) is 23.0 Å². The zero-order valence-electron chi connectivity index (χ0n) is 15.1. The molecule has 0 aliphatic rings. The Balaban J connectivity index is 1.56. The Morgan fingerprint density at radius 2 is 1.83 bits per heavy atom. The zero-order valence-corrected chi connectivity index (χ0v) is 16.0. The van der Waals surface area contributed by atoms with E-state index in [2.05, 4.69) is 19.5 Å². The Morgan fingerprint density at radius 3 is 2.59 bits per heavy atom. The standard InChI is InChI=1S/C20H15F3N4OS/c1-13-12-19(26-29-15-9-7-14(8-10-15)28-20(21,22)23)27(25-13)18-6-2-5-17-16(18)4-3-11-24-17/h2-12,26H,1H3. The maximum absolute atomic E-state index is 12.3. The van der Waals surface area contributed by atoms with Crippen LogP contribution in [0.5, 0.6) is 5.75 Å². The first kappa shape index (κ1) is 19.1. The van der Waals surface area contributed by atoms with E-state index < -0.39 is 6.36 Å². The lowest BCUT2D eigenvalue weighted by molar-refractivity contribution is -0.274. The number of ether oxygens (including phenoxy) is 1. The summed E-state index contributed by atoms with van der Waals surface area (Å²) in [7, 11) is 0. The van der Waals surface area contributed by atoms with Crippen molar-refractivity contribution in [1.29, 1.82) is 0 Å². The molecule has 0 radical (unpaired) electrons. The first-order valence-corrected chi connectivity index (χ1v) is 9.40. The minimum atomic E-state index is -4.70. The predicted octanol–water partition coefficient (Wildman–Crippen LogP) is 5.75. The smallest absolute Gasteiger partial charge is 0.406 e. The van der Waals surface area contributed by atoms with Gasteiger partial charge in [0.1, 0.15) is 11.6 Å². The van der Waals surface area contributed by atoms with Crippen molar-refractivity contribution in [2.45, 2.75) is 18.2 Å². The van der Waals surface area contributed by atoms with Gasteiger partial charge in [0.25, 0.3) is 0 Å². The van der Waals surface area contributed by atoms with Crippen molar-refractivity contribution in [3.8, 4) is 11.4 Å². The molecule has 29 heavy (non-hydrogen) atoms. The van der Waals surface area contributed by atoms with Gasteiger partial charge in [-0.1, -0.05) is 6.07 Å². The largest absolute Gasteiger partial charge is 0.573 e. The second kappa shape index (κ2) is 7.67. The third kappa shape index (κ3) is 4.45. The van der Waals surface area contributed by atoms with E-state index in [9.17, 15) is 13.2 Å². The van der Waals surface area contributed by atoms with Gasteiger partial charge in [0.05, 0.1) is 16.9 Å². The van der Waals surface area contributed by atoms with Crippen LogP contribution in [0.3, 0.4) is 0 Å². The van der Waals surface area contributed by atoms with Crippen LogP contribution < -0.4 is 9.46 Å². The highest BCUT2D eigenvalue weighted by Crippen LogP contribution is 2.29. The van der Waals surface area contributed by atoms with Crippen LogP contribution in [0.25, 0.3) is 16.6 Å². The molecule has 0 saturated carbocycles. The number of halogens is 3. The molecule has 9 heteroatoms. The number of nitrogens with zero attached hydrogens (tertiary/aromatic N) is 3. The molecular formula is C20H15F3N4OS. The van der Waals surface area contributed by atoms with Gasteiger partial charge in [0, 0.05) is 22.5 Å². The molecule has 0 fully saturated rings. The second-order valence-corrected chi connectivity index (χ2v) is 7.03. The number of benzene rings is 2. The fourth-order valence-corrected chi connectivity index (χ4v) is 3.49. The highest BCUT2D eigenvalue weighted by Gasteiger charge is 2.30. The van der Waals surface area contributed by atoms with E-state index in [1.165, 1.54) is 24.1 Å². The Labute approximate surface area is 168 Å². The second-order valence-electron chi connectivity index (χ2n) is 6.15. The highest BCUT2D eigenvalue weighted by molar-refractivity contribution is 8.00. The Morgan fingerprint density at radius 1 is 1.03 bits per heavy atom. The summed E-state index contributed by atoms with van der Waals surface area (Å²) in [5, 5.41) is 5.52. The van der Waals surface area contributed by atoms with Gasteiger partial charge in [-0.15, -0.1) is 13.2 Å². The molecule has 0 amide bonds. The molecule has 2 aromatic heterocycles. The van der Waals surface area contributed by atoms with Crippen LogP contribution in [0.4, 0.5) is 19.0 Å². The maximum Gasteiger partial charge on any atom is 0.573 e. The number of fused-ring (bicyclic) bond motifs is 1. The van der Waals surface area contributed by atoms with E-state index >= 15 is 0 Å². The van der Waals surface area contributed by atoms with E-state index in [4.69, 9.17) is 0 Å². The molecule has 2 heterocycles. The molecule has 148 valence electrons. The summed E-state index contributed by atoms with van der Waals surface area (Å²) in [6, 6.07) is 17.2. The predicted molar refractivity (Wildman–Crippen MR) is 106 cm³/mol. The monoisotopic (exact) mass is 416 g/mol. The van der Waals surface area contributed by atoms with Gasteiger partial charge >= 0.3 is 6.36 Å². The van der Waals surface area contributed by atoms with Crippen molar-refractivity contribution in [3.63, 3.8) is 0 Å². The third-order valence-corrected chi connectivity index (χ3v) is 4.83. The molecule has 1 N–H and O–H groups in total. The summed E-state index contributed by atoms with van der Waals surface area (Å²) < 4.78 is 45.7. The zero-order chi connectivity index (χ0) is 20.4. The van der Waals surface area contributed by atoms with Crippen molar-refractivity contribution in [2.24, 2.45) is 0 Å². The summed E-state index contributed by atoms with van der Waals surface area (Å²) in [5.74, 6) is 0.477. The number of aromatic nitrogens is 3. The minimum Gasteiger partial charge on any atom is -0.406 e. The highest BCUT2D eigenvalue weighted by atomic mass is 32.2. The summed E-state index contributed by atoms with van der Waals surface area (Å²) in [4.78, 5) is 5.10. The quantitative estimate of drug-likeness (QED) is 0.420. The molecular weight excluding hydrogens is 401 g/mol. The van der Waals surface area contributed by atoms with Crippen LogP contribution in [0.1, 0.15) is 5.69 Å². The number of rotatable bonds is 5. The van der Waals surface area contributed by atoms with Crippen molar-refractivity contribution >= 4 is 28.7 Å². The van der Waals surface area contributed by atoms with Crippen LogP contribution in [-0.2, 0) is 0 Å². The minimum absolute atomic E-state index is 0.258. The van der Waals surface area contributed by atoms with Crippen molar-refractivity contribution < 1.29 is 17.9 Å². The van der Waals surface area contributed by atoms with Gasteiger partial charge in [0.15, 0.2) is 0 Å². The van der Waals surface area contributed by atoms with Gasteiger partial charge in [-0.05, 0) is 67.4 Å². The summed E-state index contributed by atoms with van der Waals surface area (Å²) in [6.45, 7) is 1.89. The molecule has 0 atom stereocenters. The van der Waals surface area contributed by atoms with Gasteiger partial charge in [-0.25, -0.2) is 4.68 Å². The molecule has 4 aromatic rings. The Hall–Kier alpha value is -3.20. The Bertz CT molecular complexity index is 1140. The summed E-state index contributed by atoms with van der Waals surface area (Å²) in [5.41, 5.74) is 2.56. The molecule has 0 spiro atoms. The number of pyridine rings is 1. The van der Waals surface area contributed by atoms with E-state index in [1.807, 2.05) is 43.3 Å². The number of alkyl halides is 3. The van der Waals surface area contributed by atoms with Crippen molar-refractivity contribution in [1.82, 2.24) is 14.8 Å². The van der Waals surface area contributed by atoms with Crippen molar-refractivity contribution in [3.05, 3.63) is 72.6 Å². The van der Waals surface area contributed by atoms with Gasteiger partial charge < -0.3 is 9.46 Å². The topological polar surface area (TPSA) is 52.0 Å². The van der Waals surface area contributed by atoms with Crippen LogP contribution in [0, 0.1) is 6.92 Å². The molecule has 2 aromatic carbocycles. The Kier molecular flexibility index (Phi) is 5.06. The molecule has 0 aliphatic heterocycles. The van der Waals surface area contributed by atoms with Gasteiger partial charge in [-0.2, -0.15) is 5.10 Å². The third-order valence-electron chi connectivity index (χ3n) is 4.01. The van der Waals surface area contributed by atoms with Gasteiger partial charge in [0.2, 0.25) is 0 Å². The molecule has 4 rings (SSSR count). The molecule has 0 bridgehead atoms. The van der Waals surface area contributed by atoms with Crippen LogP contribution in [0.2, 0.25) is 0 Å². The average molecular weight is 416 g/mol. The van der Waals surface area contributed by atoms with E-state index in [-0.39, 0.29) is 5.75 Å². The van der Waals surface area contributed by atoms with Gasteiger partial charge in [-0.3, -0.25) is 4.98 Å². The number of hydrogen-bond acceptors (Lipinski definition) is 5. The summed E-state index contributed by atoms with van der Waals surface area (Å²) in [6.07, 6.45) is -2.97. The first-order chi connectivity index (χ1) is 13.9. The lowest BCUT2D eigenvalue weighted by Gasteiger charge is -2.12. The SMILES string of the molecule is Cc1cc(NSc2ccc(OC(F)(F)F)cc2)n(-c2cccc3ncccc23)n1. The number of nitrogens with one attached hydrogen (secondary N) is 1. The fourth-order valence-electron chi connectivity index (χ4n) is 2.85. The normalized spacial score (nSPS) is 11.6. The first-order valence-electron chi connectivity index (χ1n) is 8.58. The molecule has 5 nitrogen and oxygen atoms in total. The summed E-state index contributed by atoms with van der Waals surface area (Å²) >= 11 is 1.26. The number of hydrogen-bond donors (Lipinski definition) is 1. The molecule has 0 saturated heterocycles. The number of anilines is 1.